The van der Waals surface area contributed by atoms with Crippen molar-refractivity contribution in [2.24, 2.45) is 4.99 Å². The zero-order valence-electron chi connectivity index (χ0n) is 17.4. The molecule has 0 saturated carbocycles. The number of halogens is 1. The van der Waals surface area contributed by atoms with Gasteiger partial charge in [-0.1, -0.05) is 0 Å². The molecule has 2 aromatic carbocycles. The van der Waals surface area contributed by atoms with Crippen molar-refractivity contribution in [2.45, 2.75) is 6.92 Å². The molecular formula is C22H23BrN2O5S. The number of hydrogen-bond acceptors (Lipinski definition) is 7. The first-order valence-electron chi connectivity index (χ1n) is 9.55. The molecule has 1 N–H and O–H groups in total. The highest BCUT2D eigenvalue weighted by atomic mass is 79.9. The lowest BCUT2D eigenvalue weighted by Crippen LogP contribution is -2.32. The molecular weight excluding hydrogens is 484 g/mol. The number of benzene rings is 2. The number of phenols is 1. The molecule has 0 atom stereocenters. The van der Waals surface area contributed by atoms with Crippen molar-refractivity contribution in [2.75, 3.05) is 34.0 Å². The number of rotatable bonds is 8. The van der Waals surface area contributed by atoms with Gasteiger partial charge in [-0.05, 0) is 82.7 Å². The van der Waals surface area contributed by atoms with Crippen LogP contribution in [-0.2, 0) is 9.53 Å². The van der Waals surface area contributed by atoms with E-state index in [1.165, 1.54) is 11.8 Å². The van der Waals surface area contributed by atoms with Gasteiger partial charge in [0.2, 0.25) is 0 Å². The highest BCUT2D eigenvalue weighted by molar-refractivity contribution is 9.10. The van der Waals surface area contributed by atoms with Gasteiger partial charge in [-0.2, -0.15) is 0 Å². The highest BCUT2D eigenvalue weighted by Gasteiger charge is 2.33. The lowest BCUT2D eigenvalue weighted by molar-refractivity contribution is -0.122. The zero-order chi connectivity index (χ0) is 22.4. The molecule has 0 unspecified atom stereocenters. The van der Waals surface area contributed by atoms with Gasteiger partial charge in [0, 0.05) is 7.11 Å². The van der Waals surface area contributed by atoms with Crippen LogP contribution in [0, 0.1) is 0 Å². The summed E-state index contributed by atoms with van der Waals surface area (Å²) in [6, 6.07) is 10.7. The number of ether oxygens (including phenoxy) is 3. The van der Waals surface area contributed by atoms with Gasteiger partial charge in [-0.25, -0.2) is 4.99 Å². The van der Waals surface area contributed by atoms with Gasteiger partial charge in [0.15, 0.2) is 16.7 Å². The van der Waals surface area contributed by atoms with Crippen molar-refractivity contribution in [3.05, 3.63) is 51.3 Å². The molecule has 9 heteroatoms. The summed E-state index contributed by atoms with van der Waals surface area (Å²) in [5.41, 5.74) is 1.44. The Morgan fingerprint density at radius 3 is 2.61 bits per heavy atom. The number of hydrogen-bond donors (Lipinski definition) is 1. The van der Waals surface area contributed by atoms with E-state index < -0.39 is 0 Å². The summed E-state index contributed by atoms with van der Waals surface area (Å²) < 4.78 is 16.3. The van der Waals surface area contributed by atoms with Crippen LogP contribution in [0.4, 0.5) is 5.69 Å². The minimum absolute atomic E-state index is 0.0258. The minimum Gasteiger partial charge on any atom is -0.503 e. The Bertz CT molecular complexity index is 1010. The number of phenolic OH excluding ortho intramolecular Hbond substituents is 1. The van der Waals surface area contributed by atoms with Crippen molar-refractivity contribution in [3.63, 3.8) is 0 Å². The molecule has 0 spiro atoms. The lowest BCUT2D eigenvalue weighted by atomic mass is 10.2. The van der Waals surface area contributed by atoms with Crippen LogP contribution in [0.1, 0.15) is 12.5 Å². The highest BCUT2D eigenvalue weighted by Crippen LogP contribution is 2.39. The van der Waals surface area contributed by atoms with Crippen LogP contribution in [0.5, 0.6) is 17.2 Å². The normalized spacial score (nSPS) is 16.4. The maximum atomic E-state index is 13.1. The summed E-state index contributed by atoms with van der Waals surface area (Å²) in [5, 5.41) is 10.7. The van der Waals surface area contributed by atoms with E-state index in [9.17, 15) is 9.90 Å². The van der Waals surface area contributed by atoms with E-state index in [4.69, 9.17) is 14.2 Å². The number of methoxy groups -OCH3 is 2. The van der Waals surface area contributed by atoms with Crippen LogP contribution >= 0.6 is 27.7 Å². The second kappa shape index (κ2) is 10.7. The van der Waals surface area contributed by atoms with E-state index in [-0.39, 0.29) is 11.7 Å². The Kier molecular flexibility index (Phi) is 8.00. The molecule has 0 aliphatic carbocycles. The number of carbonyl (C=O) groups is 1. The summed E-state index contributed by atoms with van der Waals surface area (Å²) in [6.45, 7) is 3.03. The first-order valence-corrected chi connectivity index (χ1v) is 11.2. The molecule has 1 fully saturated rings. The molecule has 1 aliphatic rings. The molecule has 0 radical (unpaired) electrons. The second-order valence-electron chi connectivity index (χ2n) is 6.44. The standard InChI is InChI=1S/C22H23BrN2O5S/c1-4-30-18-12-14(11-17(23)20(18)26)13-19-21(27)25(9-10-28-2)22(31-19)24-15-5-7-16(29-3)8-6-15/h5-8,11-13,26H,4,9-10H2,1-3H3/b19-13-,24-22?. The predicted molar refractivity (Wildman–Crippen MR) is 126 cm³/mol. The molecule has 164 valence electrons. The van der Waals surface area contributed by atoms with Crippen LogP contribution in [0.25, 0.3) is 6.08 Å². The maximum Gasteiger partial charge on any atom is 0.266 e. The monoisotopic (exact) mass is 506 g/mol. The van der Waals surface area contributed by atoms with Crippen molar-refractivity contribution in [3.8, 4) is 17.2 Å². The second-order valence-corrected chi connectivity index (χ2v) is 8.30. The number of nitrogens with zero attached hydrogens (tertiary/aromatic N) is 2. The molecule has 0 bridgehead atoms. The van der Waals surface area contributed by atoms with Crippen LogP contribution in [0.2, 0.25) is 0 Å². The van der Waals surface area contributed by atoms with Gasteiger partial charge in [0.1, 0.15) is 5.75 Å². The molecule has 0 aromatic heterocycles. The number of amides is 1. The van der Waals surface area contributed by atoms with E-state index in [0.29, 0.717) is 45.7 Å². The smallest absolute Gasteiger partial charge is 0.266 e. The predicted octanol–water partition coefficient (Wildman–Crippen LogP) is 4.81. The van der Waals surface area contributed by atoms with Gasteiger partial charge in [-0.3, -0.25) is 9.69 Å². The quantitative estimate of drug-likeness (QED) is 0.517. The van der Waals surface area contributed by atoms with Crippen LogP contribution < -0.4 is 9.47 Å². The summed E-state index contributed by atoms with van der Waals surface area (Å²) in [4.78, 5) is 19.8. The first-order chi connectivity index (χ1) is 15.0. The van der Waals surface area contributed by atoms with Crippen LogP contribution in [0.15, 0.2) is 50.8 Å². The van der Waals surface area contributed by atoms with Crippen molar-refractivity contribution in [1.29, 1.82) is 0 Å². The molecule has 1 amide bonds. The Balaban J connectivity index is 1.94. The van der Waals surface area contributed by atoms with Crippen LogP contribution in [-0.4, -0.2) is 55.1 Å². The average molecular weight is 507 g/mol. The molecule has 7 nitrogen and oxygen atoms in total. The summed E-state index contributed by atoms with van der Waals surface area (Å²) in [7, 11) is 3.20. The van der Waals surface area contributed by atoms with E-state index in [1.54, 1.807) is 37.3 Å². The Morgan fingerprint density at radius 2 is 1.97 bits per heavy atom. The molecule has 3 rings (SSSR count). The summed E-state index contributed by atoms with van der Waals surface area (Å²) in [6.07, 6.45) is 1.76. The van der Waals surface area contributed by atoms with E-state index in [1.807, 2.05) is 31.2 Å². The van der Waals surface area contributed by atoms with Crippen molar-refractivity contribution >= 4 is 50.5 Å². The number of thioether (sulfide) groups is 1. The fraction of sp³-hybridized carbons (Fsp3) is 0.273. The average Bonchev–Trinajstić information content (AvgIpc) is 3.04. The fourth-order valence-electron chi connectivity index (χ4n) is 2.83. The SMILES string of the molecule is CCOc1cc(/C=C2\SC(=Nc3ccc(OC)cc3)N(CCOC)C2=O)cc(Br)c1O. The number of aromatic hydroxyl groups is 1. The Hall–Kier alpha value is -2.49. The molecule has 31 heavy (non-hydrogen) atoms. The summed E-state index contributed by atoms with van der Waals surface area (Å²) in [5.74, 6) is 0.954. The topological polar surface area (TPSA) is 80.6 Å². The number of amidine groups is 1. The molecule has 1 saturated heterocycles. The fourth-order valence-corrected chi connectivity index (χ4v) is 4.32. The Labute approximate surface area is 193 Å². The van der Waals surface area contributed by atoms with E-state index in [2.05, 4.69) is 20.9 Å². The zero-order valence-corrected chi connectivity index (χ0v) is 19.8. The molecule has 1 aliphatic heterocycles. The van der Waals surface area contributed by atoms with E-state index in [0.717, 1.165) is 11.3 Å². The van der Waals surface area contributed by atoms with E-state index >= 15 is 0 Å². The third-order valence-electron chi connectivity index (χ3n) is 4.35. The summed E-state index contributed by atoms with van der Waals surface area (Å²) >= 11 is 4.62. The Morgan fingerprint density at radius 1 is 1.23 bits per heavy atom. The van der Waals surface area contributed by atoms with Gasteiger partial charge in [0.25, 0.3) is 5.91 Å². The minimum atomic E-state index is -0.156. The number of carbonyl (C=O) groups excluding carboxylic acids is 1. The van der Waals surface area contributed by atoms with Gasteiger partial charge < -0.3 is 19.3 Å². The maximum absolute atomic E-state index is 13.1. The van der Waals surface area contributed by atoms with Gasteiger partial charge in [-0.15, -0.1) is 0 Å². The first kappa shape index (κ1) is 23.2. The molecule has 1 heterocycles. The largest absolute Gasteiger partial charge is 0.503 e. The number of aliphatic imine (C=N–C) groups is 1. The van der Waals surface area contributed by atoms with Crippen LogP contribution in [0.3, 0.4) is 0 Å². The third kappa shape index (κ3) is 5.61. The lowest BCUT2D eigenvalue weighted by Gasteiger charge is -2.14. The van der Waals surface area contributed by atoms with Gasteiger partial charge in [0.05, 0.1) is 41.9 Å². The van der Waals surface area contributed by atoms with Crippen molar-refractivity contribution in [1.82, 2.24) is 4.90 Å². The van der Waals surface area contributed by atoms with Gasteiger partial charge >= 0.3 is 0 Å². The van der Waals surface area contributed by atoms with Crippen molar-refractivity contribution < 1.29 is 24.1 Å². The third-order valence-corrected chi connectivity index (χ3v) is 5.96. The molecule has 2 aromatic rings.